The number of halogens is 3. The molecule has 1 aromatic heterocycles. The Labute approximate surface area is 260 Å². The highest BCUT2D eigenvalue weighted by molar-refractivity contribution is 9.11. The second-order valence-corrected chi connectivity index (χ2v) is 11.4. The maximum absolute atomic E-state index is 14.2. The van der Waals surface area contributed by atoms with Crippen LogP contribution in [0.25, 0.3) is 22.7 Å². The topological polar surface area (TPSA) is 101 Å². The van der Waals surface area contributed by atoms with Crippen molar-refractivity contribution >= 4 is 83.9 Å². The summed E-state index contributed by atoms with van der Waals surface area (Å²) in [4.78, 5) is 59.7. The van der Waals surface area contributed by atoms with Crippen LogP contribution in [0.2, 0.25) is 5.02 Å². The minimum absolute atomic E-state index is 0.0299. The van der Waals surface area contributed by atoms with Gasteiger partial charge in [-0.1, -0.05) is 76.1 Å². The molecule has 206 valence electrons. The molecule has 0 atom stereocenters. The van der Waals surface area contributed by atoms with Crippen LogP contribution in [0.5, 0.6) is 0 Å². The van der Waals surface area contributed by atoms with Gasteiger partial charge in [-0.15, -0.1) is 0 Å². The molecule has 5 aromatic rings. The van der Waals surface area contributed by atoms with E-state index in [-0.39, 0.29) is 33.6 Å². The van der Waals surface area contributed by atoms with Crippen LogP contribution in [-0.4, -0.2) is 27.4 Å². The summed E-state index contributed by atoms with van der Waals surface area (Å²) in [6, 6.07) is 24.9. The molecular formula is C31H17Br2ClN4O4. The van der Waals surface area contributed by atoms with Gasteiger partial charge in [0.05, 0.1) is 27.7 Å². The summed E-state index contributed by atoms with van der Waals surface area (Å²) in [5, 5.41) is 4.07. The van der Waals surface area contributed by atoms with Crippen LogP contribution in [0.4, 0.5) is 0 Å². The first kappa shape index (κ1) is 27.8. The van der Waals surface area contributed by atoms with Gasteiger partial charge in [0.1, 0.15) is 0 Å². The van der Waals surface area contributed by atoms with Gasteiger partial charge >= 0.3 is 0 Å². The van der Waals surface area contributed by atoms with Crippen LogP contribution in [0.15, 0.2) is 105 Å². The number of nitrogens with zero attached hydrogens (tertiary/aromatic N) is 3. The predicted octanol–water partition coefficient (Wildman–Crippen LogP) is 6.44. The van der Waals surface area contributed by atoms with E-state index in [1.165, 1.54) is 18.2 Å². The molecule has 8 nitrogen and oxygen atoms in total. The highest BCUT2D eigenvalue weighted by atomic mass is 79.9. The zero-order chi connectivity index (χ0) is 29.5. The molecule has 3 amide bonds. The SMILES string of the molecule is O=C(N/C(=C\c1ccccc1Cl)c1nc2c(Br)cc(Br)cc2c(=O)n1N1C(=O)c2ccccc2C1=O)c1ccccc1. The molecule has 6 rings (SSSR count). The lowest BCUT2D eigenvalue weighted by molar-refractivity contribution is 0.0883. The molecule has 1 N–H and O–H groups in total. The van der Waals surface area contributed by atoms with E-state index in [1.54, 1.807) is 78.9 Å². The number of rotatable bonds is 5. The smallest absolute Gasteiger partial charge is 0.281 e. The molecule has 1 aliphatic rings. The van der Waals surface area contributed by atoms with Crippen LogP contribution in [0.3, 0.4) is 0 Å². The fraction of sp³-hybridized carbons (Fsp3) is 0. The van der Waals surface area contributed by atoms with Crippen LogP contribution < -0.4 is 15.9 Å². The first-order valence-electron chi connectivity index (χ1n) is 12.5. The molecule has 0 bridgehead atoms. The molecular weight excluding hydrogens is 688 g/mol. The maximum Gasteiger partial charge on any atom is 0.281 e. The predicted molar refractivity (Wildman–Crippen MR) is 168 cm³/mol. The average molecular weight is 705 g/mol. The number of hydrogen-bond donors (Lipinski definition) is 1. The Hall–Kier alpha value is -4.38. The Morgan fingerprint density at radius 1 is 0.833 bits per heavy atom. The summed E-state index contributed by atoms with van der Waals surface area (Å²) in [5.74, 6) is -2.08. The molecule has 2 heterocycles. The monoisotopic (exact) mass is 702 g/mol. The van der Waals surface area contributed by atoms with Crippen molar-refractivity contribution in [2.45, 2.75) is 0 Å². The summed E-state index contributed by atoms with van der Waals surface area (Å²) in [6.45, 7) is 0. The summed E-state index contributed by atoms with van der Waals surface area (Å²) >= 11 is 13.3. The molecule has 0 aliphatic carbocycles. The van der Waals surface area contributed by atoms with Crippen LogP contribution in [0.1, 0.15) is 42.5 Å². The van der Waals surface area contributed by atoms with E-state index in [1.807, 2.05) is 0 Å². The summed E-state index contributed by atoms with van der Waals surface area (Å²) in [6.07, 6.45) is 1.54. The van der Waals surface area contributed by atoms with E-state index in [0.717, 1.165) is 9.69 Å². The highest BCUT2D eigenvalue weighted by Crippen LogP contribution is 2.30. The number of benzene rings is 4. The number of aromatic nitrogens is 2. The summed E-state index contributed by atoms with van der Waals surface area (Å²) in [7, 11) is 0. The van der Waals surface area contributed by atoms with Gasteiger partial charge in [-0.05, 0) is 70.0 Å². The lowest BCUT2D eigenvalue weighted by Crippen LogP contribution is -2.48. The minimum Gasteiger partial charge on any atom is -0.319 e. The fourth-order valence-corrected chi connectivity index (χ4v) is 6.12. The van der Waals surface area contributed by atoms with Gasteiger partial charge in [0.2, 0.25) is 0 Å². The number of amides is 3. The first-order chi connectivity index (χ1) is 20.2. The molecule has 42 heavy (non-hydrogen) atoms. The molecule has 0 saturated carbocycles. The maximum atomic E-state index is 14.2. The molecule has 4 aromatic carbocycles. The molecule has 0 unspecified atom stereocenters. The Morgan fingerprint density at radius 2 is 1.45 bits per heavy atom. The van der Waals surface area contributed by atoms with Gasteiger partial charge in [0.15, 0.2) is 5.82 Å². The van der Waals surface area contributed by atoms with E-state index in [2.05, 4.69) is 37.2 Å². The molecule has 11 heteroatoms. The quantitative estimate of drug-likeness (QED) is 0.213. The standard InChI is InChI=1S/C31H17Br2ClN4O4/c32-19-15-22-26(23(33)16-19)36-27(37(31(22)42)38-29(40)20-11-5-6-12-21(20)30(38)41)25(14-18-10-4-7-13-24(18)34)35-28(39)17-8-2-1-3-9-17/h1-16H,(H,35,39)/b25-14-. The van der Waals surface area contributed by atoms with E-state index in [9.17, 15) is 19.2 Å². The number of carbonyl (C=O) groups excluding carboxylic acids is 3. The van der Waals surface area contributed by atoms with E-state index >= 15 is 0 Å². The largest absolute Gasteiger partial charge is 0.319 e. The third-order valence-corrected chi connectivity index (χ3v) is 7.98. The van der Waals surface area contributed by atoms with Gasteiger partial charge in [-0.3, -0.25) is 19.2 Å². The Kier molecular flexibility index (Phi) is 7.36. The summed E-state index contributed by atoms with van der Waals surface area (Å²) < 4.78 is 1.96. The van der Waals surface area contributed by atoms with Crippen molar-refractivity contribution < 1.29 is 14.4 Å². The number of imide groups is 1. The van der Waals surface area contributed by atoms with Crippen molar-refractivity contribution in [2.24, 2.45) is 0 Å². The molecule has 0 spiro atoms. The highest BCUT2D eigenvalue weighted by Gasteiger charge is 2.39. The van der Waals surface area contributed by atoms with Crippen molar-refractivity contribution in [3.63, 3.8) is 0 Å². The summed E-state index contributed by atoms with van der Waals surface area (Å²) in [5.41, 5.74) is 0.698. The fourth-order valence-electron chi connectivity index (χ4n) is 4.61. The molecule has 1 aliphatic heterocycles. The van der Waals surface area contributed by atoms with Gasteiger partial charge in [-0.2, -0.15) is 9.69 Å². The lowest BCUT2D eigenvalue weighted by atomic mass is 10.1. The van der Waals surface area contributed by atoms with Crippen molar-refractivity contribution in [3.05, 3.63) is 143 Å². The van der Waals surface area contributed by atoms with E-state index in [4.69, 9.17) is 16.6 Å². The number of fused-ring (bicyclic) bond motifs is 2. The molecule has 0 fully saturated rings. The Bertz CT molecular complexity index is 2010. The van der Waals surface area contributed by atoms with Crippen LogP contribution in [-0.2, 0) is 0 Å². The first-order valence-corrected chi connectivity index (χ1v) is 14.4. The number of hydrogen-bond acceptors (Lipinski definition) is 5. The van der Waals surface area contributed by atoms with E-state index in [0.29, 0.717) is 25.1 Å². The Balaban J connectivity index is 1.66. The third-order valence-electron chi connectivity index (χ3n) is 6.57. The number of carbonyl (C=O) groups is 3. The lowest BCUT2D eigenvalue weighted by Gasteiger charge is -2.23. The van der Waals surface area contributed by atoms with E-state index < -0.39 is 23.3 Å². The normalized spacial score (nSPS) is 13.0. The second-order valence-electron chi connectivity index (χ2n) is 9.20. The zero-order valence-corrected chi connectivity index (χ0v) is 25.3. The zero-order valence-electron chi connectivity index (χ0n) is 21.3. The van der Waals surface area contributed by atoms with Crippen LogP contribution >= 0.6 is 43.5 Å². The van der Waals surface area contributed by atoms with Gasteiger partial charge < -0.3 is 5.32 Å². The third kappa shape index (κ3) is 4.87. The van der Waals surface area contributed by atoms with Crippen molar-refractivity contribution in [1.82, 2.24) is 15.0 Å². The van der Waals surface area contributed by atoms with Crippen LogP contribution in [0, 0.1) is 0 Å². The van der Waals surface area contributed by atoms with Gasteiger partial charge in [0.25, 0.3) is 23.3 Å². The van der Waals surface area contributed by atoms with Gasteiger partial charge in [0, 0.05) is 19.5 Å². The van der Waals surface area contributed by atoms with Gasteiger partial charge in [-0.25, -0.2) is 4.98 Å². The molecule has 0 saturated heterocycles. The molecule has 0 radical (unpaired) electrons. The minimum atomic E-state index is -0.708. The number of nitrogens with one attached hydrogen (secondary N) is 1. The second kappa shape index (κ2) is 11.1. The van der Waals surface area contributed by atoms with Crippen molar-refractivity contribution in [3.8, 4) is 0 Å². The van der Waals surface area contributed by atoms with Crippen molar-refractivity contribution in [2.75, 3.05) is 5.01 Å². The Morgan fingerprint density at radius 3 is 2.12 bits per heavy atom. The van der Waals surface area contributed by atoms with Crippen molar-refractivity contribution in [1.29, 1.82) is 0 Å². The average Bonchev–Trinajstić information content (AvgIpc) is 3.24.